The average molecular weight is 237 g/mol. The Morgan fingerprint density at radius 3 is 2.59 bits per heavy atom. The molecule has 0 heterocycles. The minimum absolute atomic E-state index is 0.102. The Hall–Kier alpha value is -1.39. The molecule has 94 valence electrons. The molecule has 0 fully saturated rings. The van der Waals surface area contributed by atoms with E-state index < -0.39 is 0 Å². The number of benzene rings is 1. The molecule has 0 aliphatic heterocycles. The fraction of sp³-hybridized carbons (Fsp3) is 0.462. The molecule has 4 heteroatoms. The second-order valence-corrected chi connectivity index (χ2v) is 3.62. The predicted molar refractivity (Wildman–Crippen MR) is 65.6 cm³/mol. The molecule has 4 nitrogen and oxygen atoms in total. The molecule has 0 saturated heterocycles. The summed E-state index contributed by atoms with van der Waals surface area (Å²) >= 11 is 0. The van der Waals surface area contributed by atoms with Crippen molar-refractivity contribution in [3.8, 4) is 0 Å². The lowest BCUT2D eigenvalue weighted by molar-refractivity contribution is -0.125. The van der Waals surface area contributed by atoms with Crippen LogP contribution < -0.4 is 5.32 Å². The van der Waals surface area contributed by atoms with Crippen molar-refractivity contribution in [1.82, 2.24) is 5.32 Å². The molecule has 0 radical (unpaired) electrons. The molecule has 0 aliphatic rings. The summed E-state index contributed by atoms with van der Waals surface area (Å²) in [6, 6.07) is 10.0. The standard InChI is InChI=1S/C13H19NO3/c1-14-13(15)11-17-9-5-8-16-10-12-6-3-2-4-7-12/h2-4,6-7H,5,8-11H2,1H3,(H,14,15). The van der Waals surface area contributed by atoms with Gasteiger partial charge in [0.15, 0.2) is 0 Å². The van der Waals surface area contributed by atoms with Crippen molar-refractivity contribution in [2.45, 2.75) is 13.0 Å². The van der Waals surface area contributed by atoms with Gasteiger partial charge in [-0.3, -0.25) is 4.79 Å². The van der Waals surface area contributed by atoms with Crippen LogP contribution in [-0.2, 0) is 20.9 Å². The first-order valence-corrected chi connectivity index (χ1v) is 5.73. The van der Waals surface area contributed by atoms with E-state index in [1.165, 1.54) is 5.56 Å². The minimum atomic E-state index is -0.102. The highest BCUT2D eigenvalue weighted by Crippen LogP contribution is 2.00. The Labute approximate surface area is 102 Å². The van der Waals surface area contributed by atoms with Gasteiger partial charge in [0.05, 0.1) is 6.61 Å². The number of hydrogen-bond acceptors (Lipinski definition) is 3. The molecule has 1 amide bonds. The number of nitrogens with one attached hydrogen (secondary N) is 1. The maximum absolute atomic E-state index is 10.8. The molecule has 1 aromatic carbocycles. The third-order valence-electron chi connectivity index (χ3n) is 2.20. The summed E-state index contributed by atoms with van der Waals surface area (Å²) in [5.41, 5.74) is 1.17. The summed E-state index contributed by atoms with van der Waals surface area (Å²) < 4.78 is 10.6. The Morgan fingerprint density at radius 2 is 1.88 bits per heavy atom. The fourth-order valence-corrected chi connectivity index (χ4v) is 1.26. The smallest absolute Gasteiger partial charge is 0.245 e. The lowest BCUT2D eigenvalue weighted by Gasteiger charge is -2.05. The van der Waals surface area contributed by atoms with E-state index in [0.717, 1.165) is 6.42 Å². The normalized spacial score (nSPS) is 10.2. The molecule has 0 aromatic heterocycles. The van der Waals surface area contributed by atoms with Gasteiger partial charge in [0.25, 0.3) is 0 Å². The summed E-state index contributed by atoms with van der Waals surface area (Å²) in [6.45, 7) is 1.93. The van der Waals surface area contributed by atoms with E-state index in [4.69, 9.17) is 9.47 Å². The van der Waals surface area contributed by atoms with Gasteiger partial charge in [-0.05, 0) is 12.0 Å². The van der Waals surface area contributed by atoms with Crippen LogP contribution in [0.1, 0.15) is 12.0 Å². The van der Waals surface area contributed by atoms with Crippen LogP contribution in [-0.4, -0.2) is 32.8 Å². The van der Waals surface area contributed by atoms with Crippen LogP contribution in [0.25, 0.3) is 0 Å². The molecular weight excluding hydrogens is 218 g/mol. The molecular formula is C13H19NO3. The number of carbonyl (C=O) groups excluding carboxylic acids is 1. The first-order chi connectivity index (χ1) is 8.33. The van der Waals surface area contributed by atoms with E-state index in [-0.39, 0.29) is 12.5 Å². The zero-order valence-electron chi connectivity index (χ0n) is 10.1. The Morgan fingerprint density at radius 1 is 1.18 bits per heavy atom. The zero-order valence-corrected chi connectivity index (χ0v) is 10.1. The third-order valence-corrected chi connectivity index (χ3v) is 2.20. The van der Waals surface area contributed by atoms with E-state index in [9.17, 15) is 4.79 Å². The van der Waals surface area contributed by atoms with E-state index in [1.54, 1.807) is 7.05 Å². The van der Waals surface area contributed by atoms with Gasteiger partial charge in [-0.25, -0.2) is 0 Å². The molecule has 0 spiro atoms. The number of amides is 1. The maximum atomic E-state index is 10.8. The quantitative estimate of drug-likeness (QED) is 0.694. The van der Waals surface area contributed by atoms with E-state index >= 15 is 0 Å². The predicted octanol–water partition coefficient (Wildman–Crippen LogP) is 1.36. The second kappa shape index (κ2) is 8.73. The van der Waals surface area contributed by atoms with Crippen molar-refractivity contribution in [3.63, 3.8) is 0 Å². The highest BCUT2D eigenvalue weighted by Gasteiger charge is 1.97. The largest absolute Gasteiger partial charge is 0.377 e. The maximum Gasteiger partial charge on any atom is 0.245 e. The number of ether oxygens (including phenoxy) is 2. The lowest BCUT2D eigenvalue weighted by atomic mass is 10.2. The summed E-state index contributed by atoms with van der Waals surface area (Å²) in [7, 11) is 1.59. The molecule has 1 rings (SSSR count). The van der Waals surface area contributed by atoms with Crippen molar-refractivity contribution in [1.29, 1.82) is 0 Å². The number of carbonyl (C=O) groups is 1. The monoisotopic (exact) mass is 237 g/mol. The summed E-state index contributed by atoms with van der Waals surface area (Å²) in [6.07, 6.45) is 0.795. The number of rotatable bonds is 8. The van der Waals surface area contributed by atoms with Crippen LogP contribution in [0.15, 0.2) is 30.3 Å². The Kier molecular flexibility index (Phi) is 7.02. The zero-order chi connectivity index (χ0) is 12.3. The van der Waals surface area contributed by atoms with Crippen molar-refractivity contribution in [3.05, 3.63) is 35.9 Å². The van der Waals surface area contributed by atoms with Crippen LogP contribution >= 0.6 is 0 Å². The Bertz CT molecular complexity index is 314. The van der Waals surface area contributed by atoms with Gasteiger partial charge >= 0.3 is 0 Å². The van der Waals surface area contributed by atoms with Crippen molar-refractivity contribution < 1.29 is 14.3 Å². The fourth-order valence-electron chi connectivity index (χ4n) is 1.26. The summed E-state index contributed by atoms with van der Waals surface area (Å²) in [4.78, 5) is 10.8. The van der Waals surface area contributed by atoms with Crippen LogP contribution in [0.2, 0.25) is 0 Å². The lowest BCUT2D eigenvalue weighted by Crippen LogP contribution is -2.23. The van der Waals surface area contributed by atoms with Gasteiger partial charge in [-0.1, -0.05) is 30.3 Å². The second-order valence-electron chi connectivity index (χ2n) is 3.62. The number of hydrogen-bond donors (Lipinski definition) is 1. The van der Waals surface area contributed by atoms with Gasteiger partial charge in [0, 0.05) is 20.3 Å². The molecule has 0 atom stereocenters. The summed E-state index contributed by atoms with van der Waals surface area (Å²) in [5.74, 6) is -0.102. The van der Waals surface area contributed by atoms with E-state index in [0.29, 0.717) is 19.8 Å². The molecule has 0 bridgehead atoms. The molecule has 1 N–H and O–H groups in total. The Balaban J connectivity index is 1.93. The van der Waals surface area contributed by atoms with Crippen molar-refractivity contribution in [2.24, 2.45) is 0 Å². The van der Waals surface area contributed by atoms with Crippen molar-refractivity contribution >= 4 is 5.91 Å². The highest BCUT2D eigenvalue weighted by atomic mass is 16.5. The average Bonchev–Trinajstić information content (AvgIpc) is 2.38. The molecule has 0 saturated carbocycles. The van der Waals surface area contributed by atoms with Crippen molar-refractivity contribution in [2.75, 3.05) is 26.9 Å². The number of likely N-dealkylation sites (N-methyl/N-ethyl adjacent to an activating group) is 1. The van der Waals surface area contributed by atoms with Crippen LogP contribution in [0, 0.1) is 0 Å². The van der Waals surface area contributed by atoms with Gasteiger partial charge in [0.1, 0.15) is 6.61 Å². The van der Waals surface area contributed by atoms with Gasteiger partial charge < -0.3 is 14.8 Å². The molecule has 0 unspecified atom stereocenters. The highest BCUT2D eigenvalue weighted by molar-refractivity contribution is 5.76. The van der Waals surface area contributed by atoms with Gasteiger partial charge in [0.2, 0.25) is 5.91 Å². The first-order valence-electron chi connectivity index (χ1n) is 5.73. The molecule has 1 aromatic rings. The topological polar surface area (TPSA) is 47.6 Å². The first kappa shape index (κ1) is 13.7. The third kappa shape index (κ3) is 6.71. The van der Waals surface area contributed by atoms with E-state index in [1.807, 2.05) is 30.3 Å². The van der Waals surface area contributed by atoms with Crippen LogP contribution in [0.4, 0.5) is 0 Å². The van der Waals surface area contributed by atoms with Crippen LogP contribution in [0.3, 0.4) is 0 Å². The summed E-state index contributed by atoms with van der Waals surface area (Å²) in [5, 5.41) is 2.49. The van der Waals surface area contributed by atoms with Crippen LogP contribution in [0.5, 0.6) is 0 Å². The van der Waals surface area contributed by atoms with Gasteiger partial charge in [-0.2, -0.15) is 0 Å². The van der Waals surface area contributed by atoms with E-state index in [2.05, 4.69) is 5.32 Å². The van der Waals surface area contributed by atoms with Gasteiger partial charge in [-0.15, -0.1) is 0 Å². The molecule has 17 heavy (non-hydrogen) atoms. The molecule has 0 aliphatic carbocycles. The minimum Gasteiger partial charge on any atom is -0.377 e. The SMILES string of the molecule is CNC(=O)COCCCOCc1ccccc1.